The maximum atomic E-state index is 13.3. The standard InChI is InChI=1S/C18H17ClN2O4S/c1-25-17-5-3-2-4-14(17)21-16-11-26(23,24)10-15(16)20(18(21)22)13-8-6-12(19)7-9-13/h2-9,15-16H,10-11H2,1H3/t15-,16-/m1/s1. The third kappa shape index (κ3) is 2.71. The zero-order valence-corrected chi connectivity index (χ0v) is 15.6. The minimum absolute atomic E-state index is 0.0579. The van der Waals surface area contributed by atoms with Crippen molar-refractivity contribution in [1.82, 2.24) is 0 Å². The van der Waals surface area contributed by atoms with Crippen LogP contribution in [0, 0.1) is 0 Å². The lowest BCUT2D eigenvalue weighted by molar-refractivity contribution is 0.255. The van der Waals surface area contributed by atoms with Crippen molar-refractivity contribution < 1.29 is 17.9 Å². The zero-order chi connectivity index (χ0) is 18.5. The van der Waals surface area contributed by atoms with Crippen LogP contribution in [0.3, 0.4) is 0 Å². The molecular formula is C18H17ClN2O4S. The topological polar surface area (TPSA) is 66.9 Å². The molecule has 2 amide bonds. The second kappa shape index (κ2) is 6.17. The van der Waals surface area contributed by atoms with E-state index in [-0.39, 0.29) is 17.5 Å². The van der Waals surface area contributed by atoms with E-state index < -0.39 is 21.9 Å². The quantitative estimate of drug-likeness (QED) is 0.753. The summed E-state index contributed by atoms with van der Waals surface area (Å²) in [5.41, 5.74) is 1.20. The normalized spacial score (nSPS) is 24.0. The number of benzene rings is 2. The Kier molecular flexibility index (Phi) is 4.08. The molecule has 6 nitrogen and oxygen atoms in total. The molecule has 2 heterocycles. The number of urea groups is 1. The first-order valence-electron chi connectivity index (χ1n) is 8.13. The van der Waals surface area contributed by atoms with Crippen molar-refractivity contribution in [3.63, 3.8) is 0 Å². The molecule has 0 unspecified atom stereocenters. The second-order valence-electron chi connectivity index (χ2n) is 6.38. The van der Waals surface area contributed by atoms with E-state index in [1.165, 1.54) is 7.11 Å². The predicted molar refractivity (Wildman–Crippen MR) is 101 cm³/mol. The molecule has 2 aromatic rings. The van der Waals surface area contributed by atoms with Gasteiger partial charge in [0.2, 0.25) is 0 Å². The van der Waals surface area contributed by atoms with E-state index in [4.69, 9.17) is 16.3 Å². The molecule has 8 heteroatoms. The number of fused-ring (bicyclic) bond motifs is 1. The molecule has 0 aliphatic carbocycles. The van der Waals surface area contributed by atoms with E-state index in [1.807, 2.05) is 6.07 Å². The van der Waals surface area contributed by atoms with Gasteiger partial charge in [-0.1, -0.05) is 23.7 Å². The Labute approximate surface area is 156 Å². The van der Waals surface area contributed by atoms with Crippen LogP contribution in [0.25, 0.3) is 0 Å². The highest BCUT2D eigenvalue weighted by molar-refractivity contribution is 7.91. The number of halogens is 1. The van der Waals surface area contributed by atoms with Gasteiger partial charge in [-0.05, 0) is 36.4 Å². The Morgan fingerprint density at radius 2 is 1.62 bits per heavy atom. The summed E-state index contributed by atoms with van der Waals surface area (Å²) in [6.07, 6.45) is 0. The van der Waals surface area contributed by atoms with Gasteiger partial charge in [0.05, 0.1) is 36.4 Å². The molecule has 0 aromatic heterocycles. The number of para-hydroxylation sites is 2. The molecule has 0 bridgehead atoms. The van der Waals surface area contributed by atoms with Gasteiger partial charge < -0.3 is 4.74 Å². The Balaban J connectivity index is 1.83. The second-order valence-corrected chi connectivity index (χ2v) is 8.97. The summed E-state index contributed by atoms with van der Waals surface area (Å²) in [7, 11) is -1.71. The third-order valence-corrected chi connectivity index (χ3v) is 6.77. The highest BCUT2D eigenvalue weighted by Gasteiger charge is 2.54. The van der Waals surface area contributed by atoms with Gasteiger partial charge in [0.15, 0.2) is 9.84 Å². The van der Waals surface area contributed by atoms with Gasteiger partial charge >= 0.3 is 6.03 Å². The molecule has 2 aliphatic heterocycles. The predicted octanol–water partition coefficient (Wildman–Crippen LogP) is 2.96. The number of hydrogen-bond acceptors (Lipinski definition) is 4. The molecule has 0 N–H and O–H groups in total. The number of nitrogens with zero attached hydrogens (tertiary/aromatic N) is 2. The molecule has 0 spiro atoms. The molecule has 2 aliphatic rings. The van der Waals surface area contributed by atoms with Gasteiger partial charge in [-0.15, -0.1) is 0 Å². The summed E-state index contributed by atoms with van der Waals surface area (Å²) in [6.45, 7) is 0. The van der Waals surface area contributed by atoms with Crippen molar-refractivity contribution >= 4 is 38.8 Å². The van der Waals surface area contributed by atoms with Crippen LogP contribution in [0.1, 0.15) is 0 Å². The summed E-state index contributed by atoms with van der Waals surface area (Å²) < 4.78 is 30.0. The van der Waals surface area contributed by atoms with Crippen LogP contribution in [0.2, 0.25) is 5.02 Å². The lowest BCUT2D eigenvalue weighted by atomic mass is 10.1. The fourth-order valence-corrected chi connectivity index (χ4v) is 5.76. The number of anilines is 2. The maximum Gasteiger partial charge on any atom is 0.329 e. The molecule has 0 radical (unpaired) electrons. The number of carbonyl (C=O) groups excluding carboxylic acids is 1. The van der Waals surface area contributed by atoms with Crippen LogP contribution in [-0.4, -0.2) is 45.1 Å². The van der Waals surface area contributed by atoms with Gasteiger partial charge in [0.1, 0.15) is 5.75 Å². The number of amides is 2. The molecule has 26 heavy (non-hydrogen) atoms. The van der Waals surface area contributed by atoms with E-state index in [2.05, 4.69) is 0 Å². The fraction of sp³-hybridized carbons (Fsp3) is 0.278. The van der Waals surface area contributed by atoms with Crippen LogP contribution in [-0.2, 0) is 9.84 Å². The molecular weight excluding hydrogens is 376 g/mol. The van der Waals surface area contributed by atoms with E-state index in [9.17, 15) is 13.2 Å². The Bertz CT molecular complexity index is 961. The summed E-state index contributed by atoms with van der Waals surface area (Å²) in [4.78, 5) is 16.4. The lowest BCUT2D eigenvalue weighted by Crippen LogP contribution is -2.38. The first kappa shape index (κ1) is 17.2. The minimum atomic E-state index is -3.24. The molecule has 2 saturated heterocycles. The Morgan fingerprint density at radius 3 is 2.27 bits per heavy atom. The molecule has 136 valence electrons. The number of rotatable bonds is 3. The first-order chi connectivity index (χ1) is 12.4. The van der Waals surface area contributed by atoms with E-state index >= 15 is 0 Å². The highest BCUT2D eigenvalue weighted by Crippen LogP contribution is 2.41. The van der Waals surface area contributed by atoms with E-state index in [1.54, 1.807) is 52.3 Å². The van der Waals surface area contributed by atoms with Crippen LogP contribution in [0.4, 0.5) is 16.2 Å². The number of carbonyl (C=O) groups is 1. The largest absolute Gasteiger partial charge is 0.495 e. The van der Waals surface area contributed by atoms with Gasteiger partial charge in [-0.25, -0.2) is 13.2 Å². The average Bonchev–Trinajstić information content (AvgIpc) is 3.04. The molecule has 2 atom stereocenters. The van der Waals surface area contributed by atoms with Crippen LogP contribution in [0.15, 0.2) is 48.5 Å². The molecule has 2 fully saturated rings. The smallest absolute Gasteiger partial charge is 0.329 e. The lowest BCUT2D eigenvalue weighted by Gasteiger charge is -2.24. The summed E-state index contributed by atoms with van der Waals surface area (Å²) in [5.74, 6) is 0.408. The Morgan fingerprint density at radius 1 is 1.00 bits per heavy atom. The zero-order valence-electron chi connectivity index (χ0n) is 14.0. The van der Waals surface area contributed by atoms with Crippen molar-refractivity contribution in [2.75, 3.05) is 28.4 Å². The third-order valence-electron chi connectivity index (χ3n) is 4.82. The number of sulfone groups is 1. The minimum Gasteiger partial charge on any atom is -0.495 e. The summed E-state index contributed by atoms with van der Waals surface area (Å²) in [5, 5.41) is 0.553. The number of methoxy groups -OCH3 is 1. The van der Waals surface area contributed by atoms with Crippen LogP contribution >= 0.6 is 11.6 Å². The van der Waals surface area contributed by atoms with Crippen molar-refractivity contribution in [1.29, 1.82) is 0 Å². The summed E-state index contributed by atoms with van der Waals surface area (Å²) >= 11 is 5.95. The molecule has 4 rings (SSSR count). The highest BCUT2D eigenvalue weighted by atomic mass is 35.5. The van der Waals surface area contributed by atoms with Gasteiger partial charge in [-0.2, -0.15) is 0 Å². The number of ether oxygens (including phenoxy) is 1. The van der Waals surface area contributed by atoms with Crippen LogP contribution in [0.5, 0.6) is 5.75 Å². The average molecular weight is 393 g/mol. The molecule has 0 saturated carbocycles. The SMILES string of the molecule is COc1ccccc1N1C(=O)N(c2ccc(Cl)cc2)[C@@H]2CS(=O)(=O)C[C@H]21. The van der Waals surface area contributed by atoms with E-state index in [0.29, 0.717) is 22.1 Å². The Hall–Kier alpha value is -2.25. The summed E-state index contributed by atoms with van der Waals surface area (Å²) in [6, 6.07) is 12.8. The number of hydrogen-bond donors (Lipinski definition) is 0. The monoisotopic (exact) mass is 392 g/mol. The fourth-order valence-electron chi connectivity index (χ4n) is 3.72. The van der Waals surface area contributed by atoms with Gasteiger partial charge in [-0.3, -0.25) is 9.80 Å². The van der Waals surface area contributed by atoms with Crippen molar-refractivity contribution in [3.8, 4) is 5.75 Å². The van der Waals surface area contributed by atoms with Gasteiger partial charge in [0, 0.05) is 10.7 Å². The van der Waals surface area contributed by atoms with Crippen molar-refractivity contribution in [2.45, 2.75) is 12.1 Å². The van der Waals surface area contributed by atoms with Gasteiger partial charge in [0.25, 0.3) is 0 Å². The molecule has 2 aromatic carbocycles. The van der Waals surface area contributed by atoms with Crippen molar-refractivity contribution in [3.05, 3.63) is 53.6 Å². The maximum absolute atomic E-state index is 13.3. The first-order valence-corrected chi connectivity index (χ1v) is 10.3. The van der Waals surface area contributed by atoms with Crippen molar-refractivity contribution in [2.24, 2.45) is 0 Å². The van der Waals surface area contributed by atoms with Crippen LogP contribution < -0.4 is 14.5 Å². The van der Waals surface area contributed by atoms with E-state index in [0.717, 1.165) is 0 Å².